The molecule has 0 aliphatic carbocycles. The molecule has 9 nitrogen and oxygen atoms in total. The van der Waals surface area contributed by atoms with Gasteiger partial charge in [0.15, 0.2) is 6.29 Å². The molecule has 0 saturated heterocycles. The molecule has 0 aliphatic heterocycles. The van der Waals surface area contributed by atoms with Crippen LogP contribution >= 0.6 is 0 Å². The Balaban J connectivity index is 1.82. The molecule has 6 N–H and O–H groups in total. The predicted molar refractivity (Wildman–Crippen MR) is 167 cm³/mol. The van der Waals surface area contributed by atoms with E-state index < -0.39 is 5.91 Å². The summed E-state index contributed by atoms with van der Waals surface area (Å²) in [5, 5.41) is 21.3. The summed E-state index contributed by atoms with van der Waals surface area (Å²) in [5.41, 5.74) is 11.1. The first-order chi connectivity index (χ1) is 19.8. The van der Waals surface area contributed by atoms with E-state index in [0.29, 0.717) is 51.4 Å². The van der Waals surface area contributed by atoms with E-state index in [4.69, 9.17) is 21.3 Å². The molecule has 9 heteroatoms. The number of nitrogens with two attached hydrogens (primary N) is 1. The zero-order chi connectivity index (χ0) is 29.9. The first kappa shape index (κ1) is 30.1. The Morgan fingerprint density at radius 1 is 1.02 bits per heavy atom. The van der Waals surface area contributed by atoms with Crippen molar-refractivity contribution in [2.24, 2.45) is 5.73 Å². The van der Waals surface area contributed by atoms with E-state index in [0.717, 1.165) is 17.6 Å². The number of ether oxygens (including phenoxy) is 1. The third-order valence-electron chi connectivity index (χ3n) is 6.44. The maximum atomic E-state index is 12.8. The number of amides is 1. The van der Waals surface area contributed by atoms with Gasteiger partial charge in [-0.1, -0.05) is 18.2 Å². The largest absolute Gasteiger partial charge is 0.456 e. The Kier molecular flexibility index (Phi) is 10.3. The second-order valence-corrected chi connectivity index (χ2v) is 9.08. The number of hydrogen-bond acceptors (Lipinski definition) is 8. The predicted octanol–water partition coefficient (Wildman–Crippen LogP) is 5.88. The molecule has 0 fully saturated rings. The van der Waals surface area contributed by atoms with Gasteiger partial charge in [-0.25, -0.2) is 0 Å². The van der Waals surface area contributed by atoms with Crippen molar-refractivity contribution in [3.05, 3.63) is 107 Å². The lowest BCUT2D eigenvalue weighted by Crippen LogP contribution is -2.16. The molecule has 0 bridgehead atoms. The molecule has 0 unspecified atom stereocenters. The molecule has 0 atom stereocenters. The van der Waals surface area contributed by atoms with Gasteiger partial charge in [0.05, 0.1) is 5.57 Å². The van der Waals surface area contributed by atoms with Gasteiger partial charge in [-0.15, -0.1) is 0 Å². The molecule has 0 aliphatic rings. The lowest BCUT2D eigenvalue weighted by molar-refractivity contribution is -0.115. The van der Waals surface area contributed by atoms with Crippen LogP contribution in [-0.4, -0.2) is 38.7 Å². The Bertz CT molecular complexity index is 1540. The quantitative estimate of drug-likeness (QED) is 0.0476. The molecular formula is C32H34N6O3. The van der Waals surface area contributed by atoms with Crippen LogP contribution < -0.4 is 26.0 Å². The fraction of sp³-hybridized carbons (Fsp3) is 0.125. The third kappa shape index (κ3) is 7.36. The highest BCUT2D eigenvalue weighted by Gasteiger charge is 2.15. The van der Waals surface area contributed by atoms with Crippen LogP contribution in [0.3, 0.4) is 0 Å². The third-order valence-corrected chi connectivity index (χ3v) is 6.44. The van der Waals surface area contributed by atoms with Crippen molar-refractivity contribution in [2.75, 3.05) is 29.6 Å². The molecule has 0 saturated carbocycles. The average Bonchev–Trinajstić information content (AvgIpc) is 2.99. The molecular weight excluding hydrogens is 516 g/mol. The van der Waals surface area contributed by atoms with E-state index in [2.05, 4.69) is 10.6 Å². The maximum absolute atomic E-state index is 12.8. The standard InChI is InChI=1S/C32H34N6O3/c1-21-14-26(37-32(40)23(20-39)11-10-22(2)38(4)27-8-6-5-7-9-27)12-13-30(21)41-31-15-24(17-33)29(36-3)16-28(31)25(18-34)19-35/h5-20,33-34,36H,35H2,1-4H3,(H,37,40)/b22-10-,23-11+,25-19+,33-17?,34-18?. The van der Waals surface area contributed by atoms with Gasteiger partial charge in [0, 0.05) is 72.2 Å². The number of para-hydroxylation sites is 1. The molecule has 3 rings (SSSR count). The molecule has 0 spiro atoms. The zero-order valence-corrected chi connectivity index (χ0v) is 23.5. The first-order valence-corrected chi connectivity index (χ1v) is 12.8. The van der Waals surface area contributed by atoms with Gasteiger partial charge in [0.25, 0.3) is 5.91 Å². The van der Waals surface area contributed by atoms with Crippen molar-refractivity contribution < 1.29 is 14.3 Å². The number of carbonyl (C=O) groups is 2. The molecule has 0 heterocycles. The van der Waals surface area contributed by atoms with Crippen molar-refractivity contribution >= 4 is 47.3 Å². The number of rotatable bonds is 12. The Morgan fingerprint density at radius 3 is 2.34 bits per heavy atom. The number of anilines is 3. The van der Waals surface area contributed by atoms with Crippen LogP contribution in [0, 0.1) is 17.7 Å². The van der Waals surface area contributed by atoms with Gasteiger partial charge in [0.2, 0.25) is 0 Å². The van der Waals surface area contributed by atoms with Gasteiger partial charge in [-0.2, -0.15) is 0 Å². The van der Waals surface area contributed by atoms with Crippen LogP contribution in [-0.2, 0) is 9.59 Å². The minimum Gasteiger partial charge on any atom is -0.456 e. The van der Waals surface area contributed by atoms with Crippen LogP contribution in [0.1, 0.15) is 23.6 Å². The van der Waals surface area contributed by atoms with Crippen LogP contribution in [0.2, 0.25) is 0 Å². The topological polar surface area (TPSA) is 144 Å². The number of aryl methyl sites for hydroxylation is 1. The van der Waals surface area contributed by atoms with Gasteiger partial charge in [0.1, 0.15) is 11.5 Å². The molecule has 1 amide bonds. The van der Waals surface area contributed by atoms with Crippen molar-refractivity contribution in [1.82, 2.24) is 0 Å². The fourth-order valence-corrected chi connectivity index (χ4v) is 3.97. The van der Waals surface area contributed by atoms with E-state index >= 15 is 0 Å². The molecule has 0 aromatic heterocycles. The highest BCUT2D eigenvalue weighted by atomic mass is 16.5. The van der Waals surface area contributed by atoms with Crippen molar-refractivity contribution in [2.45, 2.75) is 13.8 Å². The van der Waals surface area contributed by atoms with Crippen LogP contribution in [0.4, 0.5) is 17.1 Å². The molecule has 3 aromatic carbocycles. The number of hydrogen-bond donors (Lipinski definition) is 5. The molecule has 0 radical (unpaired) electrons. The van der Waals surface area contributed by atoms with Crippen molar-refractivity contribution in [1.29, 1.82) is 10.8 Å². The Hall–Kier alpha value is -5.44. The monoisotopic (exact) mass is 550 g/mol. The van der Waals surface area contributed by atoms with Crippen LogP contribution in [0.15, 0.2) is 90.3 Å². The van der Waals surface area contributed by atoms with E-state index in [1.54, 1.807) is 43.5 Å². The summed E-state index contributed by atoms with van der Waals surface area (Å²) in [6.07, 6.45) is 7.39. The van der Waals surface area contributed by atoms with Gasteiger partial charge in [-0.3, -0.25) is 9.59 Å². The minimum absolute atomic E-state index is 0.0232. The number of aldehydes is 1. The number of nitrogens with zero attached hydrogens (tertiary/aromatic N) is 1. The lowest BCUT2D eigenvalue weighted by Gasteiger charge is -2.19. The van der Waals surface area contributed by atoms with Crippen LogP contribution in [0.5, 0.6) is 11.5 Å². The summed E-state index contributed by atoms with van der Waals surface area (Å²) >= 11 is 0. The summed E-state index contributed by atoms with van der Waals surface area (Å²) in [6.45, 7) is 3.71. The number of nitrogens with one attached hydrogen (secondary N) is 4. The lowest BCUT2D eigenvalue weighted by atomic mass is 10.0. The molecule has 3 aromatic rings. The van der Waals surface area contributed by atoms with Crippen LogP contribution in [0.25, 0.3) is 5.57 Å². The average molecular weight is 551 g/mol. The zero-order valence-electron chi connectivity index (χ0n) is 23.5. The number of carbonyl (C=O) groups excluding carboxylic acids is 2. The smallest absolute Gasteiger partial charge is 0.258 e. The van der Waals surface area contributed by atoms with E-state index in [1.807, 2.05) is 56.1 Å². The van der Waals surface area contributed by atoms with Gasteiger partial charge < -0.3 is 36.8 Å². The SMILES string of the molecule is CNc1cc(/C(C=N)=C/N)c(Oc2ccc(NC(=O)/C(C=O)=C/C=C(/C)N(C)c3ccccc3)cc2C)cc1C=N. The second-order valence-electron chi connectivity index (χ2n) is 9.08. The van der Waals surface area contributed by atoms with E-state index in [1.165, 1.54) is 18.5 Å². The van der Waals surface area contributed by atoms with E-state index in [9.17, 15) is 9.59 Å². The molecule has 210 valence electrons. The minimum atomic E-state index is -0.538. The highest BCUT2D eigenvalue weighted by Crippen LogP contribution is 2.35. The van der Waals surface area contributed by atoms with E-state index in [-0.39, 0.29) is 5.57 Å². The van der Waals surface area contributed by atoms with Crippen molar-refractivity contribution in [3.63, 3.8) is 0 Å². The number of benzene rings is 3. The van der Waals surface area contributed by atoms with Gasteiger partial charge >= 0.3 is 0 Å². The first-order valence-electron chi connectivity index (χ1n) is 12.8. The highest BCUT2D eigenvalue weighted by molar-refractivity contribution is 6.16. The molecule has 41 heavy (non-hydrogen) atoms. The van der Waals surface area contributed by atoms with Crippen molar-refractivity contribution in [3.8, 4) is 11.5 Å². The summed E-state index contributed by atoms with van der Waals surface area (Å²) in [5.74, 6) is 0.382. The summed E-state index contributed by atoms with van der Waals surface area (Å²) in [7, 11) is 3.65. The fourth-order valence-electron chi connectivity index (χ4n) is 3.97. The summed E-state index contributed by atoms with van der Waals surface area (Å²) in [6, 6.07) is 18.3. The second kappa shape index (κ2) is 14.1. The number of allylic oxidation sites excluding steroid dienone is 4. The normalized spacial score (nSPS) is 11.9. The Labute approximate surface area is 240 Å². The Morgan fingerprint density at radius 2 is 1.76 bits per heavy atom. The summed E-state index contributed by atoms with van der Waals surface area (Å²) < 4.78 is 6.20. The summed E-state index contributed by atoms with van der Waals surface area (Å²) in [4.78, 5) is 26.5. The maximum Gasteiger partial charge on any atom is 0.258 e. The van der Waals surface area contributed by atoms with Gasteiger partial charge in [-0.05, 0) is 74.0 Å².